The minimum atomic E-state index is 0.0145. The molecule has 3 atom stereocenters. The van der Waals surface area contributed by atoms with Gasteiger partial charge in [0.2, 0.25) is 5.91 Å². The summed E-state index contributed by atoms with van der Waals surface area (Å²) < 4.78 is 12.7. The summed E-state index contributed by atoms with van der Waals surface area (Å²) in [6, 6.07) is 8.44. The average molecular weight is 331 g/mol. The van der Waals surface area contributed by atoms with Crippen molar-refractivity contribution >= 4 is 27.3 Å². The molecular formula is C18H21NO3S. The molecule has 2 heterocycles. The highest BCUT2D eigenvalue weighted by atomic mass is 32.1. The average Bonchev–Trinajstić information content (AvgIpc) is 3.08. The third-order valence-electron chi connectivity index (χ3n) is 5.05. The molecule has 1 amide bonds. The van der Waals surface area contributed by atoms with Crippen LogP contribution in [0.3, 0.4) is 0 Å². The van der Waals surface area contributed by atoms with Crippen LogP contribution in [0.1, 0.15) is 18.4 Å². The maximum Gasteiger partial charge on any atom is 0.227 e. The van der Waals surface area contributed by atoms with Crippen molar-refractivity contribution in [2.24, 2.45) is 0 Å². The fourth-order valence-corrected chi connectivity index (χ4v) is 4.91. The maximum atomic E-state index is 12.9. The van der Waals surface area contributed by atoms with Crippen molar-refractivity contribution in [2.45, 2.75) is 37.5 Å². The number of carbonyl (C=O) groups excluding carboxylic acids is 1. The van der Waals surface area contributed by atoms with Gasteiger partial charge in [0, 0.05) is 18.4 Å². The highest BCUT2D eigenvalue weighted by Crippen LogP contribution is 2.33. The number of hydrogen-bond donors (Lipinski definition) is 0. The number of benzene rings is 1. The van der Waals surface area contributed by atoms with Gasteiger partial charge >= 0.3 is 0 Å². The van der Waals surface area contributed by atoms with E-state index in [2.05, 4.69) is 17.5 Å². The molecule has 2 aromatic rings. The van der Waals surface area contributed by atoms with Crippen LogP contribution in [0, 0.1) is 0 Å². The van der Waals surface area contributed by atoms with Gasteiger partial charge in [-0.05, 0) is 35.2 Å². The Kier molecular flexibility index (Phi) is 4.09. The molecule has 2 aliphatic rings. The van der Waals surface area contributed by atoms with Gasteiger partial charge in [0.05, 0.1) is 25.2 Å². The lowest BCUT2D eigenvalue weighted by Gasteiger charge is -2.30. The first kappa shape index (κ1) is 15.1. The molecule has 0 N–H and O–H groups in total. The normalized spacial score (nSPS) is 27.3. The van der Waals surface area contributed by atoms with Crippen molar-refractivity contribution in [3.8, 4) is 0 Å². The zero-order valence-electron chi connectivity index (χ0n) is 13.2. The number of rotatable bonds is 3. The molecule has 1 saturated heterocycles. The van der Waals surface area contributed by atoms with Crippen LogP contribution in [0.25, 0.3) is 10.1 Å². The molecule has 4 nitrogen and oxygen atoms in total. The second kappa shape index (κ2) is 6.23. The molecule has 2 bridgehead atoms. The number of amides is 1. The summed E-state index contributed by atoms with van der Waals surface area (Å²) >= 11 is 1.71. The SMILES string of the molecule is COC1C2CCC1N(C(=O)Cc1csc3ccccc13)CCO2. The summed E-state index contributed by atoms with van der Waals surface area (Å²) in [4.78, 5) is 14.9. The largest absolute Gasteiger partial charge is 0.377 e. The predicted molar refractivity (Wildman–Crippen MR) is 90.8 cm³/mol. The second-order valence-corrected chi connectivity index (χ2v) is 7.19. The van der Waals surface area contributed by atoms with Crippen LogP contribution >= 0.6 is 11.3 Å². The van der Waals surface area contributed by atoms with Gasteiger partial charge < -0.3 is 14.4 Å². The van der Waals surface area contributed by atoms with Crippen LogP contribution < -0.4 is 0 Å². The Balaban J connectivity index is 1.56. The first-order valence-electron chi connectivity index (χ1n) is 8.17. The number of carbonyl (C=O) groups is 1. The number of methoxy groups -OCH3 is 1. The monoisotopic (exact) mass is 331 g/mol. The zero-order chi connectivity index (χ0) is 15.8. The van der Waals surface area contributed by atoms with E-state index in [-0.39, 0.29) is 24.2 Å². The highest BCUT2D eigenvalue weighted by molar-refractivity contribution is 7.17. The van der Waals surface area contributed by atoms with E-state index in [1.807, 2.05) is 17.0 Å². The molecule has 0 spiro atoms. The molecule has 3 unspecified atom stereocenters. The van der Waals surface area contributed by atoms with Crippen molar-refractivity contribution in [2.75, 3.05) is 20.3 Å². The van der Waals surface area contributed by atoms with Gasteiger partial charge in [0.15, 0.2) is 0 Å². The van der Waals surface area contributed by atoms with Crippen molar-refractivity contribution in [1.82, 2.24) is 4.90 Å². The summed E-state index contributed by atoms with van der Waals surface area (Å²) in [5.41, 5.74) is 1.13. The molecule has 1 aromatic carbocycles. The quantitative estimate of drug-likeness (QED) is 0.868. The van der Waals surface area contributed by atoms with Crippen LogP contribution in [0.4, 0.5) is 0 Å². The number of thiophene rings is 1. The van der Waals surface area contributed by atoms with Gasteiger partial charge in [0.25, 0.3) is 0 Å². The first-order valence-corrected chi connectivity index (χ1v) is 9.05. The minimum absolute atomic E-state index is 0.0145. The Hall–Kier alpha value is -1.43. The number of fused-ring (bicyclic) bond motifs is 3. The summed E-state index contributed by atoms with van der Waals surface area (Å²) in [7, 11) is 1.72. The summed E-state index contributed by atoms with van der Waals surface area (Å²) in [6.45, 7) is 1.28. The van der Waals surface area contributed by atoms with Crippen LogP contribution in [0.15, 0.2) is 29.6 Å². The molecule has 1 saturated carbocycles. The van der Waals surface area contributed by atoms with Gasteiger partial charge in [-0.15, -0.1) is 11.3 Å². The lowest BCUT2D eigenvalue weighted by atomic mass is 10.1. The third kappa shape index (κ3) is 2.67. The molecule has 23 heavy (non-hydrogen) atoms. The van der Waals surface area contributed by atoms with Crippen molar-refractivity contribution in [1.29, 1.82) is 0 Å². The lowest BCUT2D eigenvalue weighted by Crippen LogP contribution is -2.46. The summed E-state index contributed by atoms with van der Waals surface area (Å²) in [5.74, 6) is 0.187. The van der Waals surface area contributed by atoms with Crippen LogP contribution in [0.5, 0.6) is 0 Å². The van der Waals surface area contributed by atoms with Crippen LogP contribution in [0.2, 0.25) is 0 Å². The van der Waals surface area contributed by atoms with E-state index in [1.54, 1.807) is 18.4 Å². The van der Waals surface area contributed by atoms with E-state index in [0.717, 1.165) is 18.4 Å². The molecular weight excluding hydrogens is 310 g/mol. The Bertz CT molecular complexity index is 713. The molecule has 2 fully saturated rings. The topological polar surface area (TPSA) is 38.8 Å². The van der Waals surface area contributed by atoms with E-state index in [4.69, 9.17) is 9.47 Å². The molecule has 1 aromatic heterocycles. The van der Waals surface area contributed by atoms with Crippen LogP contribution in [-0.2, 0) is 20.7 Å². The fourth-order valence-electron chi connectivity index (χ4n) is 3.94. The standard InChI is InChI=1S/C18H21NO3S/c1-21-18-14-6-7-15(18)22-9-8-19(14)17(20)10-12-11-23-16-5-3-2-4-13(12)16/h2-5,11,14-15,18H,6-10H2,1H3. The molecule has 1 aliphatic carbocycles. The van der Waals surface area contributed by atoms with Crippen LogP contribution in [-0.4, -0.2) is 49.3 Å². The third-order valence-corrected chi connectivity index (χ3v) is 6.06. The van der Waals surface area contributed by atoms with Crippen molar-refractivity contribution in [3.63, 3.8) is 0 Å². The van der Waals surface area contributed by atoms with Crippen molar-refractivity contribution in [3.05, 3.63) is 35.2 Å². The van der Waals surface area contributed by atoms with E-state index in [0.29, 0.717) is 19.6 Å². The van der Waals surface area contributed by atoms with Crippen molar-refractivity contribution < 1.29 is 14.3 Å². The minimum Gasteiger partial charge on any atom is -0.377 e. The van der Waals surface area contributed by atoms with Gasteiger partial charge in [-0.2, -0.15) is 0 Å². The molecule has 1 aliphatic heterocycles. The van der Waals surface area contributed by atoms with E-state index >= 15 is 0 Å². The van der Waals surface area contributed by atoms with Gasteiger partial charge in [-0.3, -0.25) is 4.79 Å². The molecule has 0 radical (unpaired) electrons. The van der Waals surface area contributed by atoms with E-state index in [9.17, 15) is 4.79 Å². The Morgan fingerprint density at radius 2 is 2.26 bits per heavy atom. The summed E-state index contributed by atoms with van der Waals surface area (Å²) in [6.07, 6.45) is 2.57. The van der Waals surface area contributed by atoms with E-state index in [1.165, 1.54) is 10.1 Å². The number of ether oxygens (including phenoxy) is 2. The second-order valence-electron chi connectivity index (χ2n) is 6.28. The molecule has 5 heteroatoms. The summed E-state index contributed by atoms with van der Waals surface area (Å²) in [5, 5.41) is 3.31. The Labute approximate surface area is 140 Å². The Morgan fingerprint density at radius 1 is 1.39 bits per heavy atom. The Morgan fingerprint density at radius 3 is 3.13 bits per heavy atom. The number of hydrogen-bond acceptors (Lipinski definition) is 4. The highest BCUT2D eigenvalue weighted by Gasteiger charge is 2.44. The van der Waals surface area contributed by atoms with E-state index < -0.39 is 0 Å². The van der Waals surface area contributed by atoms with Gasteiger partial charge in [0.1, 0.15) is 6.10 Å². The molecule has 122 valence electrons. The van der Waals surface area contributed by atoms with Gasteiger partial charge in [-0.1, -0.05) is 18.2 Å². The molecule has 4 rings (SSSR count). The predicted octanol–water partition coefficient (Wildman–Crippen LogP) is 2.85. The number of nitrogens with zero attached hydrogens (tertiary/aromatic N) is 1. The zero-order valence-corrected chi connectivity index (χ0v) is 14.1. The maximum absolute atomic E-state index is 12.9. The fraction of sp³-hybridized carbons (Fsp3) is 0.500. The van der Waals surface area contributed by atoms with Gasteiger partial charge in [-0.25, -0.2) is 0 Å². The lowest BCUT2D eigenvalue weighted by molar-refractivity contribution is -0.134. The smallest absolute Gasteiger partial charge is 0.227 e. The first-order chi connectivity index (χ1) is 11.3.